The van der Waals surface area contributed by atoms with E-state index in [9.17, 15) is 9.59 Å². The van der Waals surface area contributed by atoms with E-state index >= 15 is 0 Å². The Kier molecular flexibility index (Phi) is 8.25. The first-order valence-electron chi connectivity index (χ1n) is 11.5. The number of thioether (sulfide) groups is 1. The van der Waals surface area contributed by atoms with Crippen molar-refractivity contribution in [1.29, 1.82) is 0 Å². The van der Waals surface area contributed by atoms with Gasteiger partial charge in [-0.3, -0.25) is 9.59 Å². The van der Waals surface area contributed by atoms with Gasteiger partial charge in [-0.05, 0) is 37.1 Å². The summed E-state index contributed by atoms with van der Waals surface area (Å²) in [5.41, 5.74) is 1.12. The van der Waals surface area contributed by atoms with E-state index in [4.69, 9.17) is 9.47 Å². The Balaban J connectivity index is 1.35. The number of methoxy groups -OCH3 is 2. The average Bonchev–Trinajstić information content (AvgIpc) is 3.11. The van der Waals surface area contributed by atoms with Gasteiger partial charge >= 0.3 is 0 Å². The zero-order valence-electron chi connectivity index (χ0n) is 19.9. The Labute approximate surface area is 208 Å². The van der Waals surface area contributed by atoms with Crippen LogP contribution in [0.2, 0.25) is 0 Å². The minimum atomic E-state index is -0.209. The molecule has 1 aliphatic rings. The molecule has 10 heteroatoms. The number of ether oxygens (including phenoxy) is 2. The van der Waals surface area contributed by atoms with Gasteiger partial charge in [0.25, 0.3) is 5.91 Å². The van der Waals surface area contributed by atoms with Gasteiger partial charge < -0.3 is 24.7 Å². The highest BCUT2D eigenvalue weighted by Gasteiger charge is 2.17. The molecule has 1 aromatic heterocycles. The van der Waals surface area contributed by atoms with Crippen LogP contribution in [-0.4, -0.2) is 46.6 Å². The summed E-state index contributed by atoms with van der Waals surface area (Å²) >= 11 is 1.31. The average molecular weight is 496 g/mol. The third-order valence-corrected chi connectivity index (χ3v) is 6.82. The predicted molar refractivity (Wildman–Crippen MR) is 134 cm³/mol. The fourth-order valence-corrected chi connectivity index (χ4v) is 4.81. The second-order valence-electron chi connectivity index (χ2n) is 8.08. The minimum absolute atomic E-state index is 0.149. The highest BCUT2D eigenvalue weighted by Crippen LogP contribution is 2.30. The van der Waals surface area contributed by atoms with Crippen LogP contribution in [0, 0.1) is 0 Å². The summed E-state index contributed by atoms with van der Waals surface area (Å²) in [5.74, 6) is 2.63. The van der Waals surface area contributed by atoms with Crippen LogP contribution in [0.1, 0.15) is 41.3 Å². The molecule has 35 heavy (non-hydrogen) atoms. The fourth-order valence-electron chi connectivity index (χ4n) is 3.97. The normalized spacial score (nSPS) is 12.9. The number of amides is 2. The topological polar surface area (TPSA) is 107 Å². The van der Waals surface area contributed by atoms with Gasteiger partial charge in [-0.1, -0.05) is 18.6 Å². The van der Waals surface area contributed by atoms with Crippen molar-refractivity contribution < 1.29 is 19.1 Å². The number of benzene rings is 2. The van der Waals surface area contributed by atoms with Crippen molar-refractivity contribution in [3.8, 4) is 11.5 Å². The molecule has 0 spiro atoms. The molecule has 2 amide bonds. The van der Waals surface area contributed by atoms with Crippen LogP contribution < -0.4 is 20.1 Å². The molecule has 3 aromatic rings. The van der Waals surface area contributed by atoms with E-state index in [-0.39, 0.29) is 17.6 Å². The highest BCUT2D eigenvalue weighted by molar-refractivity contribution is 8.00. The Hall–Kier alpha value is -3.53. The molecular formula is C25H29N5O4S. The molecule has 184 valence electrons. The predicted octanol–water partition coefficient (Wildman–Crippen LogP) is 3.68. The molecule has 0 fully saturated rings. The minimum Gasteiger partial charge on any atom is -0.493 e. The lowest BCUT2D eigenvalue weighted by molar-refractivity contribution is -0.113. The van der Waals surface area contributed by atoms with E-state index in [1.165, 1.54) is 18.2 Å². The van der Waals surface area contributed by atoms with Crippen LogP contribution in [0.15, 0.2) is 47.4 Å². The molecule has 0 bridgehead atoms. The summed E-state index contributed by atoms with van der Waals surface area (Å²) in [5, 5.41) is 14.4. The molecule has 0 saturated heterocycles. The van der Waals surface area contributed by atoms with Gasteiger partial charge in [0.05, 0.1) is 32.1 Å². The summed E-state index contributed by atoms with van der Waals surface area (Å²) in [4.78, 5) is 26.2. The smallest absolute Gasteiger partial charge is 0.252 e. The number of hydrogen-bond acceptors (Lipinski definition) is 7. The van der Waals surface area contributed by atoms with Crippen LogP contribution >= 0.6 is 11.8 Å². The lowest BCUT2D eigenvalue weighted by Crippen LogP contribution is -2.25. The standard InChI is InChI=1S/C25H29N5O4S/c1-33-19-12-11-17(14-20(19)34-2)27-24(31)16-35-21-9-6-5-8-18(21)25(32)26-15-23-29-28-22-10-4-3-7-13-30(22)23/h5-6,8-9,11-12,14H,3-4,7,10,13,15-16H2,1-2H3,(H,26,32)(H,27,31). The summed E-state index contributed by atoms with van der Waals surface area (Å²) in [6, 6.07) is 12.4. The number of nitrogens with zero attached hydrogens (tertiary/aromatic N) is 3. The first kappa shape index (κ1) is 24.6. The van der Waals surface area contributed by atoms with E-state index in [0.717, 1.165) is 42.4 Å². The number of aryl methyl sites for hydroxylation is 1. The molecule has 0 radical (unpaired) electrons. The molecular weight excluding hydrogens is 466 g/mol. The molecule has 4 rings (SSSR count). The van der Waals surface area contributed by atoms with Gasteiger partial charge in [0, 0.05) is 29.6 Å². The monoisotopic (exact) mass is 495 g/mol. The van der Waals surface area contributed by atoms with Crippen LogP contribution in [0.4, 0.5) is 5.69 Å². The van der Waals surface area contributed by atoms with Gasteiger partial charge in [-0.25, -0.2) is 0 Å². The first-order chi connectivity index (χ1) is 17.1. The number of hydrogen-bond donors (Lipinski definition) is 2. The quantitative estimate of drug-likeness (QED) is 0.436. The van der Waals surface area contributed by atoms with E-state index in [1.54, 1.807) is 38.5 Å². The number of anilines is 1. The number of rotatable bonds is 9. The van der Waals surface area contributed by atoms with Crippen molar-refractivity contribution in [1.82, 2.24) is 20.1 Å². The molecule has 1 aliphatic heterocycles. The number of carbonyl (C=O) groups excluding carboxylic acids is 2. The molecule has 2 aromatic carbocycles. The van der Waals surface area contributed by atoms with Crippen LogP contribution in [0.25, 0.3) is 0 Å². The fraction of sp³-hybridized carbons (Fsp3) is 0.360. The SMILES string of the molecule is COc1ccc(NC(=O)CSc2ccccc2C(=O)NCc2nnc3n2CCCCC3)cc1OC. The summed E-state index contributed by atoms with van der Waals surface area (Å²) < 4.78 is 12.6. The van der Waals surface area contributed by atoms with Gasteiger partial charge in [0.1, 0.15) is 5.82 Å². The van der Waals surface area contributed by atoms with Crippen LogP contribution in [0.3, 0.4) is 0 Å². The first-order valence-corrected chi connectivity index (χ1v) is 12.5. The number of carbonyl (C=O) groups is 2. The Bertz CT molecular complexity index is 1200. The third-order valence-electron chi connectivity index (χ3n) is 5.75. The van der Waals surface area contributed by atoms with E-state index in [2.05, 4.69) is 25.4 Å². The number of fused-ring (bicyclic) bond motifs is 1. The molecule has 2 heterocycles. The zero-order valence-corrected chi connectivity index (χ0v) is 20.7. The Morgan fingerprint density at radius 2 is 1.86 bits per heavy atom. The Morgan fingerprint density at radius 1 is 1.03 bits per heavy atom. The molecule has 2 N–H and O–H groups in total. The number of aromatic nitrogens is 3. The molecule has 0 unspecified atom stereocenters. The molecule has 0 atom stereocenters. The van der Waals surface area contributed by atoms with Crippen molar-refractivity contribution in [3.63, 3.8) is 0 Å². The van der Waals surface area contributed by atoms with Crippen LogP contribution in [-0.2, 0) is 24.3 Å². The molecule has 0 aliphatic carbocycles. The Morgan fingerprint density at radius 3 is 2.69 bits per heavy atom. The maximum Gasteiger partial charge on any atom is 0.252 e. The lowest BCUT2D eigenvalue weighted by Gasteiger charge is -2.12. The third kappa shape index (κ3) is 6.13. The summed E-state index contributed by atoms with van der Waals surface area (Å²) in [6.45, 7) is 1.19. The molecule has 9 nitrogen and oxygen atoms in total. The van der Waals surface area contributed by atoms with E-state index < -0.39 is 0 Å². The van der Waals surface area contributed by atoms with E-state index in [1.807, 2.05) is 18.2 Å². The van der Waals surface area contributed by atoms with Crippen molar-refractivity contribution in [2.24, 2.45) is 0 Å². The van der Waals surface area contributed by atoms with Crippen molar-refractivity contribution in [3.05, 3.63) is 59.7 Å². The zero-order chi connectivity index (χ0) is 24.6. The summed E-state index contributed by atoms with van der Waals surface area (Å²) in [7, 11) is 3.10. The van der Waals surface area contributed by atoms with Gasteiger partial charge in [0.15, 0.2) is 17.3 Å². The van der Waals surface area contributed by atoms with Crippen molar-refractivity contribution >= 4 is 29.3 Å². The lowest BCUT2D eigenvalue weighted by atomic mass is 10.2. The molecule has 0 saturated carbocycles. The maximum atomic E-state index is 13.0. The van der Waals surface area contributed by atoms with Gasteiger partial charge in [-0.2, -0.15) is 0 Å². The van der Waals surface area contributed by atoms with Crippen molar-refractivity contribution in [2.75, 3.05) is 25.3 Å². The highest BCUT2D eigenvalue weighted by atomic mass is 32.2. The van der Waals surface area contributed by atoms with Crippen molar-refractivity contribution in [2.45, 2.75) is 43.7 Å². The largest absolute Gasteiger partial charge is 0.493 e. The summed E-state index contributed by atoms with van der Waals surface area (Å²) in [6.07, 6.45) is 4.32. The number of nitrogens with one attached hydrogen (secondary N) is 2. The second-order valence-corrected chi connectivity index (χ2v) is 9.10. The van der Waals surface area contributed by atoms with E-state index in [0.29, 0.717) is 29.3 Å². The maximum absolute atomic E-state index is 13.0. The van der Waals surface area contributed by atoms with Gasteiger partial charge in [0.2, 0.25) is 5.91 Å². The van der Waals surface area contributed by atoms with Gasteiger partial charge in [-0.15, -0.1) is 22.0 Å². The second kappa shape index (κ2) is 11.7. The van der Waals surface area contributed by atoms with Crippen LogP contribution in [0.5, 0.6) is 11.5 Å².